The van der Waals surface area contributed by atoms with Crippen LogP contribution in [-0.4, -0.2) is 64.4 Å². The lowest BCUT2D eigenvalue weighted by Crippen LogP contribution is -2.44. The summed E-state index contributed by atoms with van der Waals surface area (Å²) in [5.41, 5.74) is 1.09. The van der Waals surface area contributed by atoms with Crippen molar-refractivity contribution in [3.8, 4) is 5.75 Å². The first-order valence-corrected chi connectivity index (χ1v) is 12.0. The van der Waals surface area contributed by atoms with E-state index >= 15 is 0 Å². The minimum atomic E-state index is -3.41. The molecule has 1 N–H and O–H groups in total. The Balaban J connectivity index is 0.00000363. The summed E-state index contributed by atoms with van der Waals surface area (Å²) >= 11 is 0. The van der Waals surface area contributed by atoms with Gasteiger partial charge in [0.05, 0.1) is 12.0 Å². The maximum absolute atomic E-state index is 12.8. The summed E-state index contributed by atoms with van der Waals surface area (Å²) in [6.07, 6.45) is 1.65. The zero-order valence-corrected chi connectivity index (χ0v) is 22.0. The van der Waals surface area contributed by atoms with Gasteiger partial charge in [0.25, 0.3) is 0 Å². The lowest BCUT2D eigenvalue weighted by molar-refractivity contribution is 0.272. The molecule has 1 aliphatic heterocycles. The Morgan fingerprint density at radius 1 is 1.12 bits per heavy atom. The highest BCUT2D eigenvalue weighted by Crippen LogP contribution is 2.23. The van der Waals surface area contributed by atoms with Crippen molar-refractivity contribution in [2.75, 3.05) is 40.8 Å². The summed E-state index contributed by atoms with van der Waals surface area (Å²) in [4.78, 5) is 6.83. The number of ether oxygens (including phenoxy) is 1. The van der Waals surface area contributed by atoms with Crippen LogP contribution in [0.25, 0.3) is 0 Å². The van der Waals surface area contributed by atoms with Crippen molar-refractivity contribution in [2.45, 2.75) is 24.3 Å². The van der Waals surface area contributed by atoms with Crippen molar-refractivity contribution in [3.63, 3.8) is 0 Å². The fourth-order valence-corrected chi connectivity index (χ4v) is 5.37. The number of piperidine rings is 1. The summed E-state index contributed by atoms with van der Waals surface area (Å²) in [6.45, 7) is 2.53. The summed E-state index contributed by atoms with van der Waals surface area (Å²) in [5.74, 6) is 2.07. The van der Waals surface area contributed by atoms with E-state index in [0.717, 1.165) is 36.7 Å². The van der Waals surface area contributed by atoms with Crippen LogP contribution in [-0.2, 0) is 16.6 Å². The molecule has 9 heteroatoms. The lowest BCUT2D eigenvalue weighted by Gasteiger charge is -2.32. The van der Waals surface area contributed by atoms with E-state index in [1.165, 1.54) is 0 Å². The average Bonchev–Trinajstić information content (AvgIpc) is 2.80. The van der Waals surface area contributed by atoms with E-state index in [2.05, 4.69) is 15.2 Å². The zero-order valence-electron chi connectivity index (χ0n) is 18.9. The fraction of sp³-hybridized carbons (Fsp3) is 0.435. The number of hydrogen-bond acceptors (Lipinski definition) is 4. The molecule has 0 radical (unpaired) electrons. The van der Waals surface area contributed by atoms with Gasteiger partial charge in [0.15, 0.2) is 5.96 Å². The Morgan fingerprint density at radius 2 is 1.75 bits per heavy atom. The molecule has 0 aromatic heterocycles. The van der Waals surface area contributed by atoms with Crippen LogP contribution < -0.4 is 10.1 Å². The fourth-order valence-electron chi connectivity index (χ4n) is 3.88. The monoisotopic (exact) mass is 572 g/mol. The van der Waals surface area contributed by atoms with Crippen LogP contribution in [0.1, 0.15) is 18.4 Å². The van der Waals surface area contributed by atoms with Crippen molar-refractivity contribution < 1.29 is 13.2 Å². The Hall–Kier alpha value is -1.85. The molecule has 2 aromatic rings. The van der Waals surface area contributed by atoms with Crippen molar-refractivity contribution >= 4 is 40.0 Å². The summed E-state index contributed by atoms with van der Waals surface area (Å²) in [6, 6.07) is 16.6. The van der Waals surface area contributed by atoms with Gasteiger partial charge in [-0.25, -0.2) is 8.42 Å². The third-order valence-electron chi connectivity index (χ3n) is 5.68. The van der Waals surface area contributed by atoms with E-state index in [1.807, 2.05) is 37.4 Å². The molecule has 1 heterocycles. The highest BCUT2D eigenvalue weighted by atomic mass is 127. The smallest absolute Gasteiger partial charge is 0.243 e. The number of guanidine groups is 1. The molecule has 0 unspecified atom stereocenters. The molecule has 176 valence electrons. The molecule has 0 amide bonds. The topological polar surface area (TPSA) is 74.2 Å². The van der Waals surface area contributed by atoms with Crippen molar-refractivity contribution in [2.24, 2.45) is 10.9 Å². The van der Waals surface area contributed by atoms with Gasteiger partial charge in [0.1, 0.15) is 5.75 Å². The van der Waals surface area contributed by atoms with E-state index in [4.69, 9.17) is 4.74 Å². The van der Waals surface area contributed by atoms with Gasteiger partial charge in [-0.3, -0.25) is 4.99 Å². The number of methoxy groups -OCH3 is 1. The summed E-state index contributed by atoms with van der Waals surface area (Å²) < 4.78 is 32.6. The van der Waals surface area contributed by atoms with Crippen molar-refractivity contribution in [3.05, 3.63) is 60.2 Å². The summed E-state index contributed by atoms with van der Waals surface area (Å²) in [5, 5.41) is 3.45. The second-order valence-corrected chi connectivity index (χ2v) is 9.69. The molecular weight excluding hydrogens is 539 g/mol. The van der Waals surface area contributed by atoms with Gasteiger partial charge >= 0.3 is 0 Å². The molecule has 3 rings (SSSR count). The normalized spacial score (nSPS) is 15.7. The molecule has 2 aromatic carbocycles. The van der Waals surface area contributed by atoms with Crippen LogP contribution in [0.5, 0.6) is 5.75 Å². The molecule has 32 heavy (non-hydrogen) atoms. The maximum Gasteiger partial charge on any atom is 0.243 e. The SMILES string of the molecule is CN=C(NCC1CCN(S(=O)(=O)c2ccccc2)CC1)N(C)Cc1ccccc1OC.I. The molecular formula is C23H33IN4O3S. The standard InChI is InChI=1S/C23H32N4O3S.HI/c1-24-23(26(2)18-20-9-7-8-12-22(20)30-3)25-17-19-13-15-27(16-14-19)31(28,29)21-10-5-4-6-11-21;/h4-12,19H,13-18H2,1-3H3,(H,24,25);1H. The summed E-state index contributed by atoms with van der Waals surface area (Å²) in [7, 11) is 2.04. The molecule has 1 aliphatic rings. The van der Waals surface area contributed by atoms with Crippen LogP contribution in [0.4, 0.5) is 0 Å². The first-order valence-electron chi connectivity index (χ1n) is 10.5. The van der Waals surface area contributed by atoms with Crippen LogP contribution in [0.2, 0.25) is 0 Å². The van der Waals surface area contributed by atoms with Crippen LogP contribution in [0.15, 0.2) is 64.5 Å². The van der Waals surface area contributed by atoms with Crippen LogP contribution in [0.3, 0.4) is 0 Å². The Labute approximate surface area is 208 Å². The number of nitrogens with zero attached hydrogens (tertiary/aromatic N) is 3. The molecule has 0 saturated carbocycles. The van der Waals surface area contributed by atoms with Gasteiger partial charge in [-0.2, -0.15) is 4.31 Å². The second kappa shape index (κ2) is 12.4. The van der Waals surface area contributed by atoms with Gasteiger partial charge in [-0.15, -0.1) is 24.0 Å². The Kier molecular flexibility index (Phi) is 10.2. The van der Waals surface area contributed by atoms with Crippen molar-refractivity contribution in [1.82, 2.24) is 14.5 Å². The maximum atomic E-state index is 12.8. The van der Waals surface area contributed by atoms with Gasteiger partial charge in [0.2, 0.25) is 10.0 Å². The Bertz CT molecular complexity index is 978. The number of benzene rings is 2. The predicted octanol–water partition coefficient (Wildman–Crippen LogP) is 3.42. The number of para-hydroxylation sites is 1. The number of halogens is 1. The molecule has 0 atom stereocenters. The van der Waals surface area contributed by atoms with Gasteiger partial charge < -0.3 is 15.0 Å². The van der Waals surface area contributed by atoms with Crippen LogP contribution >= 0.6 is 24.0 Å². The predicted molar refractivity (Wildman–Crippen MR) is 139 cm³/mol. The molecule has 1 fully saturated rings. The second-order valence-electron chi connectivity index (χ2n) is 7.76. The average molecular weight is 573 g/mol. The number of nitrogens with one attached hydrogen (secondary N) is 1. The molecule has 1 saturated heterocycles. The van der Waals surface area contributed by atoms with Crippen molar-refractivity contribution in [1.29, 1.82) is 0 Å². The number of sulfonamides is 1. The number of rotatable bonds is 7. The molecule has 0 aliphatic carbocycles. The third-order valence-corrected chi connectivity index (χ3v) is 7.59. The van der Waals surface area contributed by atoms with E-state index in [-0.39, 0.29) is 24.0 Å². The largest absolute Gasteiger partial charge is 0.496 e. The lowest BCUT2D eigenvalue weighted by atomic mass is 9.98. The quantitative estimate of drug-likeness (QED) is 0.313. The van der Waals surface area contributed by atoms with Crippen LogP contribution in [0, 0.1) is 5.92 Å². The highest BCUT2D eigenvalue weighted by Gasteiger charge is 2.29. The molecule has 0 bridgehead atoms. The van der Waals surface area contributed by atoms with Gasteiger partial charge in [0, 0.05) is 45.8 Å². The van der Waals surface area contributed by atoms with Gasteiger partial charge in [-0.05, 0) is 37.0 Å². The third kappa shape index (κ3) is 6.58. The highest BCUT2D eigenvalue weighted by molar-refractivity contribution is 14.0. The number of hydrogen-bond donors (Lipinski definition) is 1. The number of aliphatic imine (C=N–C) groups is 1. The Morgan fingerprint density at radius 3 is 2.38 bits per heavy atom. The molecule has 7 nitrogen and oxygen atoms in total. The zero-order chi connectivity index (χ0) is 22.3. The van der Waals surface area contributed by atoms with E-state index < -0.39 is 10.0 Å². The van der Waals surface area contributed by atoms with E-state index in [9.17, 15) is 8.42 Å². The van der Waals surface area contributed by atoms with Gasteiger partial charge in [-0.1, -0.05) is 36.4 Å². The van der Waals surface area contributed by atoms with E-state index in [0.29, 0.717) is 30.4 Å². The molecule has 0 spiro atoms. The first-order chi connectivity index (χ1) is 15.0. The minimum Gasteiger partial charge on any atom is -0.496 e. The first kappa shape index (κ1) is 26.4. The van der Waals surface area contributed by atoms with E-state index in [1.54, 1.807) is 42.7 Å². The minimum absolute atomic E-state index is 0.